The third-order valence-electron chi connectivity index (χ3n) is 2.58. The highest BCUT2D eigenvalue weighted by atomic mass is 32.1. The van der Waals surface area contributed by atoms with Crippen LogP contribution in [-0.4, -0.2) is 10.4 Å². The molecule has 2 aromatic heterocycles. The Morgan fingerprint density at radius 3 is 2.59 bits per heavy atom. The van der Waals surface area contributed by atoms with E-state index >= 15 is 0 Å². The van der Waals surface area contributed by atoms with Crippen LogP contribution in [0.4, 0.5) is 0 Å². The van der Waals surface area contributed by atoms with Gasteiger partial charge in [-0.1, -0.05) is 6.07 Å². The van der Waals surface area contributed by atoms with Crippen molar-refractivity contribution in [2.75, 3.05) is 0 Å². The summed E-state index contributed by atoms with van der Waals surface area (Å²) in [6.45, 7) is 3.90. The third kappa shape index (κ3) is 2.53. The van der Waals surface area contributed by atoms with Crippen LogP contribution in [0, 0.1) is 13.8 Å². The smallest absolute Gasteiger partial charge is 0.251 e. The first-order valence-electron chi connectivity index (χ1n) is 5.34. The number of nitrogens with zero attached hydrogens (tertiary/aromatic N) is 1. The van der Waals surface area contributed by atoms with Crippen molar-refractivity contribution in [2.45, 2.75) is 20.4 Å². The number of carbonyl (C=O) groups excluding carboxylic acids is 1. The van der Waals surface area contributed by atoms with Crippen molar-refractivity contribution in [2.24, 2.45) is 0 Å². The minimum absolute atomic E-state index is 0.0144. The highest BCUT2D eigenvalue weighted by Crippen LogP contribution is 2.16. The van der Waals surface area contributed by atoms with Crippen molar-refractivity contribution < 1.29 is 4.79 Å². The van der Waals surface area contributed by atoms with Gasteiger partial charge in [-0.3, -0.25) is 9.59 Å². The van der Waals surface area contributed by atoms with E-state index in [0.717, 1.165) is 10.6 Å². The van der Waals surface area contributed by atoms with Gasteiger partial charge in [0.1, 0.15) is 0 Å². The summed E-state index contributed by atoms with van der Waals surface area (Å²) in [7, 11) is 0. The fraction of sp³-hybridized carbons (Fsp3) is 0.231. The largest absolute Gasteiger partial charge is 0.305 e. The Kier molecular flexibility index (Phi) is 3.24. The Labute approximate surface area is 103 Å². The number of aryl methyl sites for hydroxylation is 2. The summed E-state index contributed by atoms with van der Waals surface area (Å²) in [5, 5.41) is 0. The predicted molar refractivity (Wildman–Crippen MR) is 68.8 cm³/mol. The highest BCUT2D eigenvalue weighted by molar-refractivity contribution is 7.14. The molecule has 0 radical (unpaired) electrons. The van der Waals surface area contributed by atoms with Crippen LogP contribution in [-0.2, 0) is 6.54 Å². The van der Waals surface area contributed by atoms with Gasteiger partial charge in [-0.05, 0) is 32.0 Å². The molecule has 0 aliphatic rings. The number of rotatable bonds is 3. The van der Waals surface area contributed by atoms with Gasteiger partial charge in [0.05, 0.1) is 11.4 Å². The molecule has 2 rings (SSSR count). The molecule has 0 atom stereocenters. The quantitative estimate of drug-likeness (QED) is 0.781. The lowest BCUT2D eigenvalue weighted by Gasteiger charge is -2.07. The molecule has 2 heterocycles. The standard InChI is InChI=1S/C13H13NO2S/c1-9-4-3-5-13(16)14(9)8-11(15)12-7-6-10(2)17-12/h3-7H,8H2,1-2H3. The van der Waals surface area contributed by atoms with E-state index in [1.54, 1.807) is 6.07 Å². The van der Waals surface area contributed by atoms with E-state index in [-0.39, 0.29) is 17.9 Å². The number of hydrogen-bond acceptors (Lipinski definition) is 3. The molecule has 88 valence electrons. The van der Waals surface area contributed by atoms with Gasteiger partial charge in [-0.15, -0.1) is 11.3 Å². The zero-order valence-electron chi connectivity index (χ0n) is 9.77. The maximum Gasteiger partial charge on any atom is 0.251 e. The van der Waals surface area contributed by atoms with E-state index in [4.69, 9.17) is 0 Å². The van der Waals surface area contributed by atoms with Crippen molar-refractivity contribution in [3.8, 4) is 0 Å². The molecule has 3 nitrogen and oxygen atoms in total. The van der Waals surface area contributed by atoms with Crippen LogP contribution in [0.2, 0.25) is 0 Å². The first-order chi connectivity index (χ1) is 8.08. The van der Waals surface area contributed by atoms with E-state index in [9.17, 15) is 9.59 Å². The average molecular weight is 247 g/mol. The van der Waals surface area contributed by atoms with Crippen molar-refractivity contribution in [3.05, 3.63) is 56.1 Å². The van der Waals surface area contributed by atoms with Crippen LogP contribution >= 0.6 is 11.3 Å². The Hall–Kier alpha value is -1.68. The average Bonchev–Trinajstić information content (AvgIpc) is 2.70. The van der Waals surface area contributed by atoms with Crippen LogP contribution in [0.1, 0.15) is 20.2 Å². The fourth-order valence-corrected chi connectivity index (χ4v) is 2.43. The highest BCUT2D eigenvalue weighted by Gasteiger charge is 2.10. The molecular formula is C13H13NO2S. The number of Topliss-reactive ketones (excluding diaryl/α,β-unsaturated/α-hetero) is 1. The molecule has 0 saturated heterocycles. The molecule has 0 amide bonds. The van der Waals surface area contributed by atoms with Gasteiger partial charge in [0.15, 0.2) is 5.78 Å². The molecule has 0 unspecified atom stereocenters. The number of ketones is 1. The summed E-state index contributed by atoms with van der Waals surface area (Å²) >= 11 is 1.46. The van der Waals surface area contributed by atoms with E-state index in [1.165, 1.54) is 22.0 Å². The van der Waals surface area contributed by atoms with Crippen molar-refractivity contribution in [3.63, 3.8) is 0 Å². The Bertz CT molecular complexity index is 610. The van der Waals surface area contributed by atoms with Gasteiger partial charge in [-0.2, -0.15) is 0 Å². The van der Waals surface area contributed by atoms with E-state index in [0.29, 0.717) is 4.88 Å². The normalized spacial score (nSPS) is 10.5. The minimum atomic E-state index is -0.133. The van der Waals surface area contributed by atoms with Crippen LogP contribution in [0.15, 0.2) is 35.1 Å². The molecule has 0 N–H and O–H groups in total. The van der Waals surface area contributed by atoms with Crippen LogP contribution < -0.4 is 5.56 Å². The number of aromatic nitrogens is 1. The molecule has 17 heavy (non-hydrogen) atoms. The van der Waals surface area contributed by atoms with E-state index in [2.05, 4.69) is 0 Å². The fourth-order valence-electron chi connectivity index (χ4n) is 1.63. The molecule has 0 bridgehead atoms. The van der Waals surface area contributed by atoms with Crippen molar-refractivity contribution in [1.29, 1.82) is 0 Å². The lowest BCUT2D eigenvalue weighted by atomic mass is 10.3. The van der Waals surface area contributed by atoms with Gasteiger partial charge >= 0.3 is 0 Å². The molecule has 0 aliphatic carbocycles. The van der Waals surface area contributed by atoms with E-state index < -0.39 is 0 Å². The lowest BCUT2D eigenvalue weighted by molar-refractivity contribution is 0.0974. The maximum absolute atomic E-state index is 12.0. The third-order valence-corrected chi connectivity index (χ3v) is 3.63. The summed E-state index contributed by atoms with van der Waals surface area (Å²) in [5.74, 6) is -0.0144. The van der Waals surface area contributed by atoms with Gasteiger partial charge in [-0.25, -0.2) is 0 Å². The molecule has 0 fully saturated rings. The second-order valence-electron chi connectivity index (χ2n) is 3.93. The number of pyridine rings is 1. The summed E-state index contributed by atoms with van der Waals surface area (Å²) in [6.07, 6.45) is 0. The number of hydrogen-bond donors (Lipinski definition) is 0. The maximum atomic E-state index is 12.0. The molecule has 0 spiro atoms. The van der Waals surface area contributed by atoms with Crippen LogP contribution in [0.5, 0.6) is 0 Å². The zero-order chi connectivity index (χ0) is 12.4. The number of thiophene rings is 1. The predicted octanol–water partition coefficient (Wildman–Crippen LogP) is 2.41. The zero-order valence-corrected chi connectivity index (χ0v) is 10.6. The Balaban J connectivity index is 2.28. The molecular weight excluding hydrogens is 234 g/mol. The van der Waals surface area contributed by atoms with Crippen molar-refractivity contribution in [1.82, 2.24) is 4.57 Å². The summed E-state index contributed by atoms with van der Waals surface area (Å²) in [6, 6.07) is 8.73. The molecule has 2 aromatic rings. The van der Waals surface area contributed by atoms with Crippen molar-refractivity contribution >= 4 is 17.1 Å². The summed E-state index contributed by atoms with van der Waals surface area (Å²) < 4.78 is 1.50. The summed E-state index contributed by atoms with van der Waals surface area (Å²) in [4.78, 5) is 25.4. The lowest BCUT2D eigenvalue weighted by Crippen LogP contribution is -2.24. The first kappa shape index (κ1) is 11.8. The van der Waals surface area contributed by atoms with Crippen LogP contribution in [0.3, 0.4) is 0 Å². The second-order valence-corrected chi connectivity index (χ2v) is 5.21. The molecule has 0 aliphatic heterocycles. The minimum Gasteiger partial charge on any atom is -0.305 e. The monoisotopic (exact) mass is 247 g/mol. The SMILES string of the molecule is Cc1ccc(C(=O)Cn2c(C)cccc2=O)s1. The summed E-state index contributed by atoms with van der Waals surface area (Å²) in [5.41, 5.74) is 0.672. The van der Waals surface area contributed by atoms with Gasteiger partial charge < -0.3 is 4.57 Å². The van der Waals surface area contributed by atoms with Gasteiger partial charge in [0.2, 0.25) is 0 Å². The van der Waals surface area contributed by atoms with E-state index in [1.807, 2.05) is 32.0 Å². The first-order valence-corrected chi connectivity index (χ1v) is 6.15. The Morgan fingerprint density at radius 1 is 1.24 bits per heavy atom. The molecule has 4 heteroatoms. The second kappa shape index (κ2) is 4.67. The van der Waals surface area contributed by atoms with Gasteiger partial charge in [0, 0.05) is 16.6 Å². The topological polar surface area (TPSA) is 39.1 Å². The number of carbonyl (C=O) groups is 1. The molecule has 0 saturated carbocycles. The van der Waals surface area contributed by atoms with Gasteiger partial charge in [0.25, 0.3) is 5.56 Å². The van der Waals surface area contributed by atoms with Crippen LogP contribution in [0.25, 0.3) is 0 Å². The molecule has 0 aromatic carbocycles. The Morgan fingerprint density at radius 2 is 2.00 bits per heavy atom.